The van der Waals surface area contributed by atoms with Gasteiger partial charge >= 0.3 is 12.3 Å². The molecule has 10 heteroatoms. The molecule has 4 nitrogen and oxygen atoms in total. The summed E-state index contributed by atoms with van der Waals surface area (Å²) in [6, 6.07) is 0. The van der Waals surface area contributed by atoms with E-state index < -0.39 is 46.7 Å². The number of hydrogen-bond acceptors (Lipinski definition) is 3. The highest BCUT2D eigenvalue weighted by atomic mass is 79.9. The zero-order valence-electron chi connectivity index (χ0n) is 8.84. The molecule has 0 aliphatic carbocycles. The minimum absolute atomic E-state index is 0.529. The summed E-state index contributed by atoms with van der Waals surface area (Å²) >= 11 is 2.54. The highest BCUT2D eigenvalue weighted by Crippen LogP contribution is 2.38. The average molecular weight is 350 g/mol. The number of ether oxygens (including phenoxy) is 1. The molecule has 1 N–H and O–H groups in total. The number of pyridine rings is 1. The standard InChI is InChI=1S/C9H5BrF5NO3/c10-7-4(19-9(13,14)15)2-16-3(1-5(17)18)6(7)8(11)12/h2,8H,1H2,(H,17,18). The van der Waals surface area contributed by atoms with Gasteiger partial charge in [0.1, 0.15) is 0 Å². The number of carboxylic acid groups (broad SMARTS) is 1. The van der Waals surface area contributed by atoms with Crippen LogP contribution in [0.25, 0.3) is 0 Å². The van der Waals surface area contributed by atoms with Gasteiger partial charge in [0.25, 0.3) is 6.43 Å². The number of nitrogens with zero attached hydrogens (tertiary/aromatic N) is 1. The van der Waals surface area contributed by atoms with Crippen LogP contribution in [-0.4, -0.2) is 22.4 Å². The Morgan fingerprint density at radius 2 is 2.05 bits per heavy atom. The first-order valence-corrected chi connectivity index (χ1v) is 5.34. The SMILES string of the molecule is O=C(O)Cc1ncc(OC(F)(F)F)c(Br)c1C(F)F. The Morgan fingerprint density at radius 1 is 1.47 bits per heavy atom. The van der Waals surface area contributed by atoms with Gasteiger partial charge in [0, 0.05) is 0 Å². The normalized spacial score (nSPS) is 11.7. The van der Waals surface area contributed by atoms with Crippen LogP contribution < -0.4 is 4.74 Å². The molecule has 0 aliphatic heterocycles. The lowest BCUT2D eigenvalue weighted by Gasteiger charge is -2.14. The lowest BCUT2D eigenvalue weighted by atomic mass is 10.1. The molecule has 0 amide bonds. The molecule has 0 spiro atoms. The van der Waals surface area contributed by atoms with Gasteiger partial charge in [-0.3, -0.25) is 9.78 Å². The van der Waals surface area contributed by atoms with Gasteiger partial charge in [-0.1, -0.05) is 0 Å². The van der Waals surface area contributed by atoms with E-state index in [4.69, 9.17) is 5.11 Å². The zero-order valence-corrected chi connectivity index (χ0v) is 10.4. The van der Waals surface area contributed by atoms with E-state index >= 15 is 0 Å². The molecule has 0 saturated carbocycles. The van der Waals surface area contributed by atoms with Crippen molar-refractivity contribution in [3.05, 3.63) is 21.9 Å². The number of carbonyl (C=O) groups is 1. The van der Waals surface area contributed by atoms with Crippen LogP contribution in [-0.2, 0) is 11.2 Å². The summed E-state index contributed by atoms with van der Waals surface area (Å²) in [7, 11) is 0. The summed E-state index contributed by atoms with van der Waals surface area (Å²) < 4.78 is 64.4. The summed E-state index contributed by atoms with van der Waals surface area (Å²) in [5.74, 6) is -2.40. The van der Waals surface area contributed by atoms with Crippen LogP contribution in [0.3, 0.4) is 0 Å². The predicted molar refractivity (Wildman–Crippen MR) is 54.9 cm³/mol. The lowest BCUT2D eigenvalue weighted by Crippen LogP contribution is -2.18. The van der Waals surface area contributed by atoms with Gasteiger partial charge in [-0.15, -0.1) is 13.2 Å². The van der Waals surface area contributed by atoms with E-state index in [2.05, 4.69) is 25.7 Å². The fourth-order valence-electron chi connectivity index (χ4n) is 1.22. The van der Waals surface area contributed by atoms with Crippen LogP contribution in [0.2, 0.25) is 0 Å². The van der Waals surface area contributed by atoms with Crippen molar-refractivity contribution >= 4 is 21.9 Å². The van der Waals surface area contributed by atoms with Crippen LogP contribution >= 0.6 is 15.9 Å². The molecule has 1 aromatic rings. The Balaban J connectivity index is 3.27. The van der Waals surface area contributed by atoms with Gasteiger partial charge in [0.05, 0.1) is 28.3 Å². The predicted octanol–water partition coefficient (Wildman–Crippen LogP) is 3.31. The van der Waals surface area contributed by atoms with Crippen molar-refractivity contribution in [2.45, 2.75) is 19.2 Å². The van der Waals surface area contributed by atoms with E-state index in [0.717, 1.165) is 0 Å². The van der Waals surface area contributed by atoms with Gasteiger partial charge in [-0.2, -0.15) is 0 Å². The molecule has 1 aromatic heterocycles. The van der Waals surface area contributed by atoms with Gasteiger partial charge < -0.3 is 9.84 Å². The zero-order chi connectivity index (χ0) is 14.8. The lowest BCUT2D eigenvalue weighted by molar-refractivity contribution is -0.275. The van der Waals surface area contributed by atoms with Crippen molar-refractivity contribution in [1.29, 1.82) is 0 Å². The number of carboxylic acids is 1. The van der Waals surface area contributed by atoms with Crippen LogP contribution in [0.15, 0.2) is 10.7 Å². The number of alkyl halides is 5. The summed E-state index contributed by atoms with van der Waals surface area (Å²) in [5, 5.41) is 8.51. The van der Waals surface area contributed by atoms with E-state index in [0.29, 0.717) is 6.20 Å². The minimum Gasteiger partial charge on any atom is -0.481 e. The van der Waals surface area contributed by atoms with Crippen molar-refractivity contribution in [1.82, 2.24) is 4.98 Å². The second-order valence-corrected chi connectivity index (χ2v) is 4.01. The van der Waals surface area contributed by atoms with Gasteiger partial charge in [-0.05, 0) is 15.9 Å². The molecule has 0 saturated heterocycles. The number of aliphatic carboxylic acids is 1. The quantitative estimate of drug-likeness (QED) is 0.847. The van der Waals surface area contributed by atoms with Gasteiger partial charge in [-0.25, -0.2) is 8.78 Å². The average Bonchev–Trinajstić information content (AvgIpc) is 2.19. The van der Waals surface area contributed by atoms with Crippen molar-refractivity contribution in [2.75, 3.05) is 0 Å². The smallest absolute Gasteiger partial charge is 0.481 e. The monoisotopic (exact) mass is 349 g/mol. The topological polar surface area (TPSA) is 59.4 Å². The molecule has 0 aliphatic rings. The largest absolute Gasteiger partial charge is 0.573 e. The van der Waals surface area contributed by atoms with Crippen LogP contribution in [0.4, 0.5) is 22.0 Å². The highest BCUT2D eigenvalue weighted by molar-refractivity contribution is 9.10. The van der Waals surface area contributed by atoms with Crippen molar-refractivity contribution in [2.24, 2.45) is 0 Å². The first kappa shape index (κ1) is 15.6. The first-order chi connectivity index (χ1) is 8.61. The minimum atomic E-state index is -5.07. The third-order valence-corrected chi connectivity index (χ3v) is 2.68. The molecule has 0 atom stereocenters. The molecular formula is C9H5BrF5NO3. The Bertz CT molecular complexity index is 491. The first-order valence-electron chi connectivity index (χ1n) is 4.54. The van der Waals surface area contributed by atoms with E-state index in [1.54, 1.807) is 0 Å². The molecule has 19 heavy (non-hydrogen) atoms. The summed E-state index contributed by atoms with van der Waals surface area (Å²) in [6.45, 7) is 0. The van der Waals surface area contributed by atoms with Gasteiger partial charge in [0.2, 0.25) is 0 Å². The Hall–Kier alpha value is -1.45. The number of halogens is 6. The van der Waals surface area contributed by atoms with Gasteiger partial charge in [0.15, 0.2) is 5.75 Å². The molecular weight excluding hydrogens is 345 g/mol. The van der Waals surface area contributed by atoms with E-state index in [9.17, 15) is 26.7 Å². The Labute approximate surface area is 111 Å². The molecule has 1 rings (SSSR count). The maximum Gasteiger partial charge on any atom is 0.573 e. The van der Waals surface area contributed by atoms with Crippen molar-refractivity contribution in [3.63, 3.8) is 0 Å². The third-order valence-electron chi connectivity index (χ3n) is 1.86. The maximum atomic E-state index is 12.8. The van der Waals surface area contributed by atoms with Crippen molar-refractivity contribution in [3.8, 4) is 5.75 Å². The Kier molecular flexibility index (Phi) is 4.66. The molecule has 0 unspecified atom stereocenters. The number of hydrogen-bond donors (Lipinski definition) is 1. The summed E-state index contributed by atoms with van der Waals surface area (Å²) in [4.78, 5) is 13.7. The number of aromatic nitrogens is 1. The molecule has 1 heterocycles. The van der Waals surface area contributed by atoms with E-state index in [1.807, 2.05) is 0 Å². The summed E-state index contributed by atoms with van der Waals surface area (Å²) in [5.41, 5.74) is -1.48. The molecule has 0 aromatic carbocycles. The van der Waals surface area contributed by atoms with E-state index in [-0.39, 0.29) is 0 Å². The molecule has 0 radical (unpaired) electrons. The fraction of sp³-hybridized carbons (Fsp3) is 0.333. The van der Waals surface area contributed by atoms with Crippen LogP contribution in [0.5, 0.6) is 5.75 Å². The Morgan fingerprint density at radius 3 is 2.47 bits per heavy atom. The highest BCUT2D eigenvalue weighted by Gasteiger charge is 2.34. The van der Waals surface area contributed by atoms with Crippen LogP contribution in [0, 0.1) is 0 Å². The second kappa shape index (κ2) is 5.68. The molecule has 0 bridgehead atoms. The number of rotatable bonds is 4. The summed E-state index contributed by atoms with van der Waals surface area (Å²) in [6.07, 6.45) is -8.59. The fourth-order valence-corrected chi connectivity index (χ4v) is 1.81. The third kappa shape index (κ3) is 4.30. The van der Waals surface area contributed by atoms with Crippen molar-refractivity contribution < 1.29 is 36.6 Å². The van der Waals surface area contributed by atoms with Crippen LogP contribution in [0.1, 0.15) is 17.7 Å². The second-order valence-electron chi connectivity index (χ2n) is 3.22. The van der Waals surface area contributed by atoms with E-state index in [1.165, 1.54) is 0 Å². The molecule has 0 fully saturated rings. The maximum absolute atomic E-state index is 12.8. The molecule has 106 valence electrons.